The standard InChI is InChI=1S/C13H24N2O4/c14-6-10-1-2-11(19-7-10)3-4-18-12(16)5-13(15)8-17-9-13/h10-11H,1-9,14-15H2. The fraction of sp³-hybridized carbons (Fsp3) is 0.923. The summed E-state index contributed by atoms with van der Waals surface area (Å²) in [5, 5.41) is 0. The zero-order chi connectivity index (χ0) is 13.7. The lowest BCUT2D eigenvalue weighted by Crippen LogP contribution is -2.58. The SMILES string of the molecule is NCC1CCC(CCOC(=O)CC2(N)COC2)OC1. The van der Waals surface area contributed by atoms with Crippen molar-refractivity contribution in [2.24, 2.45) is 17.4 Å². The van der Waals surface area contributed by atoms with E-state index in [2.05, 4.69) is 0 Å². The molecule has 6 nitrogen and oxygen atoms in total. The highest BCUT2D eigenvalue weighted by Crippen LogP contribution is 2.21. The van der Waals surface area contributed by atoms with Crippen LogP contribution >= 0.6 is 0 Å². The van der Waals surface area contributed by atoms with E-state index in [9.17, 15) is 4.79 Å². The van der Waals surface area contributed by atoms with Gasteiger partial charge in [-0.05, 0) is 25.3 Å². The predicted molar refractivity (Wildman–Crippen MR) is 69.4 cm³/mol. The molecular weight excluding hydrogens is 248 g/mol. The predicted octanol–water partition coefficient (Wildman–Crippen LogP) is -0.209. The molecule has 0 bridgehead atoms. The van der Waals surface area contributed by atoms with Crippen LogP contribution in [-0.4, -0.2) is 50.6 Å². The van der Waals surface area contributed by atoms with Crippen LogP contribution in [0, 0.1) is 5.92 Å². The Hall–Kier alpha value is -0.690. The molecule has 2 unspecified atom stereocenters. The van der Waals surface area contributed by atoms with Crippen LogP contribution in [0.4, 0.5) is 0 Å². The number of hydrogen-bond acceptors (Lipinski definition) is 6. The van der Waals surface area contributed by atoms with E-state index in [0.717, 1.165) is 25.9 Å². The van der Waals surface area contributed by atoms with E-state index in [1.54, 1.807) is 0 Å². The van der Waals surface area contributed by atoms with Gasteiger partial charge >= 0.3 is 5.97 Å². The van der Waals surface area contributed by atoms with Crippen molar-refractivity contribution in [2.45, 2.75) is 37.3 Å². The number of nitrogens with two attached hydrogens (primary N) is 2. The Morgan fingerprint density at radius 2 is 2.16 bits per heavy atom. The van der Waals surface area contributed by atoms with E-state index in [1.165, 1.54) is 0 Å². The highest BCUT2D eigenvalue weighted by Gasteiger charge is 2.37. The maximum atomic E-state index is 11.6. The Kier molecular flexibility index (Phi) is 5.15. The number of rotatable bonds is 6. The molecule has 0 radical (unpaired) electrons. The summed E-state index contributed by atoms with van der Waals surface area (Å²) in [6.07, 6.45) is 3.26. The number of ether oxygens (including phenoxy) is 3. The van der Waals surface area contributed by atoms with Gasteiger partial charge in [0.15, 0.2) is 0 Å². The van der Waals surface area contributed by atoms with Crippen LogP contribution in [-0.2, 0) is 19.0 Å². The molecule has 4 N–H and O–H groups in total. The number of carbonyl (C=O) groups is 1. The lowest BCUT2D eigenvalue weighted by Gasteiger charge is -2.36. The first-order valence-electron chi connectivity index (χ1n) is 6.95. The van der Waals surface area contributed by atoms with Crippen molar-refractivity contribution in [3.8, 4) is 0 Å². The fourth-order valence-electron chi connectivity index (χ4n) is 2.38. The monoisotopic (exact) mass is 272 g/mol. The summed E-state index contributed by atoms with van der Waals surface area (Å²) >= 11 is 0. The molecule has 0 amide bonds. The van der Waals surface area contributed by atoms with Crippen molar-refractivity contribution in [1.82, 2.24) is 0 Å². The van der Waals surface area contributed by atoms with E-state index >= 15 is 0 Å². The molecule has 0 saturated carbocycles. The van der Waals surface area contributed by atoms with E-state index in [4.69, 9.17) is 25.7 Å². The van der Waals surface area contributed by atoms with Gasteiger partial charge in [-0.2, -0.15) is 0 Å². The van der Waals surface area contributed by atoms with Gasteiger partial charge in [0.25, 0.3) is 0 Å². The van der Waals surface area contributed by atoms with Crippen molar-refractivity contribution in [2.75, 3.05) is 33.0 Å². The summed E-state index contributed by atoms with van der Waals surface area (Å²) < 4.78 is 15.9. The third-order valence-electron chi connectivity index (χ3n) is 3.78. The summed E-state index contributed by atoms with van der Waals surface area (Å²) in [7, 11) is 0. The van der Waals surface area contributed by atoms with Crippen LogP contribution < -0.4 is 11.5 Å². The Morgan fingerprint density at radius 3 is 2.68 bits per heavy atom. The summed E-state index contributed by atoms with van der Waals surface area (Å²) in [4.78, 5) is 11.6. The van der Waals surface area contributed by atoms with Gasteiger partial charge in [0.2, 0.25) is 0 Å². The Balaban J connectivity index is 1.55. The summed E-state index contributed by atoms with van der Waals surface area (Å²) in [5.41, 5.74) is 11.0. The average Bonchev–Trinajstić information content (AvgIpc) is 2.37. The lowest BCUT2D eigenvalue weighted by atomic mass is 9.95. The van der Waals surface area contributed by atoms with Gasteiger partial charge in [0, 0.05) is 6.42 Å². The molecule has 0 spiro atoms. The van der Waals surface area contributed by atoms with Gasteiger partial charge in [-0.25, -0.2) is 0 Å². The first-order chi connectivity index (χ1) is 9.11. The normalized spacial score (nSPS) is 29.6. The number of esters is 1. The molecule has 0 aromatic carbocycles. The van der Waals surface area contributed by atoms with Crippen LogP contribution in [0.5, 0.6) is 0 Å². The van der Waals surface area contributed by atoms with Gasteiger partial charge in [0.05, 0.1) is 44.5 Å². The zero-order valence-electron chi connectivity index (χ0n) is 11.3. The summed E-state index contributed by atoms with van der Waals surface area (Å²) in [6.45, 7) is 2.68. The van der Waals surface area contributed by atoms with Crippen LogP contribution in [0.3, 0.4) is 0 Å². The van der Waals surface area contributed by atoms with Crippen LogP contribution in [0.1, 0.15) is 25.7 Å². The van der Waals surface area contributed by atoms with Crippen LogP contribution in [0.2, 0.25) is 0 Å². The quantitative estimate of drug-likeness (QED) is 0.649. The summed E-state index contributed by atoms with van der Waals surface area (Å²) in [5.74, 6) is 0.232. The van der Waals surface area contributed by atoms with Crippen molar-refractivity contribution in [3.63, 3.8) is 0 Å². The van der Waals surface area contributed by atoms with Crippen molar-refractivity contribution >= 4 is 5.97 Å². The molecule has 2 aliphatic rings. The molecule has 2 atom stereocenters. The van der Waals surface area contributed by atoms with E-state index in [0.29, 0.717) is 32.3 Å². The molecule has 6 heteroatoms. The van der Waals surface area contributed by atoms with E-state index in [1.807, 2.05) is 0 Å². The van der Waals surface area contributed by atoms with Gasteiger partial charge in [-0.15, -0.1) is 0 Å². The summed E-state index contributed by atoms with van der Waals surface area (Å²) in [6, 6.07) is 0. The molecule has 0 aromatic heterocycles. The molecule has 2 aliphatic heterocycles. The largest absolute Gasteiger partial charge is 0.466 e. The lowest BCUT2D eigenvalue weighted by molar-refractivity contribution is -0.152. The maximum Gasteiger partial charge on any atom is 0.307 e. The number of carbonyl (C=O) groups excluding carboxylic acids is 1. The van der Waals surface area contributed by atoms with Crippen molar-refractivity contribution < 1.29 is 19.0 Å². The zero-order valence-corrected chi connectivity index (χ0v) is 11.3. The molecular formula is C13H24N2O4. The number of hydrogen-bond donors (Lipinski definition) is 2. The molecule has 19 heavy (non-hydrogen) atoms. The highest BCUT2D eigenvalue weighted by atomic mass is 16.5. The average molecular weight is 272 g/mol. The minimum atomic E-state index is -0.507. The van der Waals surface area contributed by atoms with Gasteiger partial charge in [-0.1, -0.05) is 0 Å². The molecule has 2 saturated heterocycles. The topological polar surface area (TPSA) is 96.8 Å². The highest BCUT2D eigenvalue weighted by molar-refractivity contribution is 5.71. The third kappa shape index (κ3) is 4.42. The van der Waals surface area contributed by atoms with Gasteiger partial charge < -0.3 is 25.7 Å². The fourth-order valence-corrected chi connectivity index (χ4v) is 2.38. The first-order valence-corrected chi connectivity index (χ1v) is 6.95. The second kappa shape index (κ2) is 6.65. The Labute approximate surface area is 113 Å². The van der Waals surface area contributed by atoms with Crippen molar-refractivity contribution in [1.29, 1.82) is 0 Å². The van der Waals surface area contributed by atoms with Crippen molar-refractivity contribution in [3.05, 3.63) is 0 Å². The Morgan fingerprint density at radius 1 is 1.37 bits per heavy atom. The smallest absolute Gasteiger partial charge is 0.307 e. The minimum absolute atomic E-state index is 0.189. The Bertz CT molecular complexity index is 299. The van der Waals surface area contributed by atoms with Gasteiger partial charge in [-0.3, -0.25) is 4.79 Å². The van der Waals surface area contributed by atoms with Crippen LogP contribution in [0.15, 0.2) is 0 Å². The second-order valence-electron chi connectivity index (χ2n) is 5.68. The molecule has 0 aliphatic carbocycles. The van der Waals surface area contributed by atoms with Crippen LogP contribution in [0.25, 0.3) is 0 Å². The maximum absolute atomic E-state index is 11.6. The van der Waals surface area contributed by atoms with E-state index < -0.39 is 5.54 Å². The van der Waals surface area contributed by atoms with Gasteiger partial charge in [0.1, 0.15) is 0 Å². The first kappa shape index (κ1) is 14.7. The van der Waals surface area contributed by atoms with E-state index in [-0.39, 0.29) is 18.5 Å². The molecule has 2 rings (SSSR count). The molecule has 2 heterocycles. The second-order valence-corrected chi connectivity index (χ2v) is 5.68. The molecule has 0 aromatic rings. The third-order valence-corrected chi connectivity index (χ3v) is 3.78. The molecule has 2 fully saturated rings. The molecule has 110 valence electrons. The minimum Gasteiger partial charge on any atom is -0.466 e.